The monoisotopic (exact) mass is 377 g/mol. The van der Waals surface area contributed by atoms with E-state index < -0.39 is 5.92 Å². The van der Waals surface area contributed by atoms with Crippen LogP contribution in [0, 0.1) is 6.92 Å². The molecule has 0 radical (unpaired) electrons. The van der Waals surface area contributed by atoms with Gasteiger partial charge in [0.2, 0.25) is 5.91 Å². The maximum absolute atomic E-state index is 12.6. The molecular weight excluding hydrogens is 358 g/mol. The van der Waals surface area contributed by atoms with Crippen LogP contribution in [0.15, 0.2) is 72.8 Å². The summed E-state index contributed by atoms with van der Waals surface area (Å²) in [6, 6.07) is 21.7. The number of rotatable bonds is 5. The predicted molar refractivity (Wildman–Crippen MR) is 110 cm³/mol. The van der Waals surface area contributed by atoms with Gasteiger partial charge in [-0.15, -0.1) is 0 Å². The van der Waals surface area contributed by atoms with Crippen LogP contribution in [0.25, 0.3) is 0 Å². The largest absolute Gasteiger partial charge is 0.326 e. The standard InChI is InChI=1S/C23H20ClNO2/c1-15-13-20(11-12-21(15)24)25-23(27)16(2)18-9-6-10-19(14-18)22(26)17-7-4-3-5-8-17/h3-14,16H,1-2H3,(H,25,27)/t16-/m0/s1. The number of amides is 1. The van der Waals surface area contributed by atoms with Crippen molar-refractivity contribution in [1.29, 1.82) is 0 Å². The fourth-order valence-electron chi connectivity index (χ4n) is 2.83. The highest BCUT2D eigenvalue weighted by molar-refractivity contribution is 6.31. The molecule has 3 rings (SSSR count). The molecule has 27 heavy (non-hydrogen) atoms. The maximum Gasteiger partial charge on any atom is 0.231 e. The summed E-state index contributed by atoms with van der Waals surface area (Å²) < 4.78 is 0. The van der Waals surface area contributed by atoms with Gasteiger partial charge in [-0.2, -0.15) is 0 Å². The van der Waals surface area contributed by atoms with Gasteiger partial charge in [-0.05, 0) is 49.2 Å². The maximum atomic E-state index is 12.6. The first-order valence-corrected chi connectivity index (χ1v) is 9.10. The lowest BCUT2D eigenvalue weighted by molar-refractivity contribution is -0.117. The van der Waals surface area contributed by atoms with Gasteiger partial charge < -0.3 is 5.32 Å². The molecule has 0 aliphatic carbocycles. The van der Waals surface area contributed by atoms with E-state index in [4.69, 9.17) is 11.6 Å². The molecule has 0 aliphatic rings. The third-order valence-electron chi connectivity index (χ3n) is 4.50. The van der Waals surface area contributed by atoms with Gasteiger partial charge in [0.1, 0.15) is 0 Å². The molecule has 136 valence electrons. The third kappa shape index (κ3) is 4.44. The van der Waals surface area contributed by atoms with Gasteiger partial charge in [0, 0.05) is 21.8 Å². The van der Waals surface area contributed by atoms with Gasteiger partial charge in [0.25, 0.3) is 0 Å². The Morgan fingerprint density at radius 3 is 2.30 bits per heavy atom. The highest BCUT2D eigenvalue weighted by Crippen LogP contribution is 2.23. The number of ketones is 1. The van der Waals surface area contributed by atoms with E-state index in [2.05, 4.69) is 5.32 Å². The second-order valence-corrected chi connectivity index (χ2v) is 6.90. The molecule has 1 N–H and O–H groups in total. The van der Waals surface area contributed by atoms with Crippen molar-refractivity contribution < 1.29 is 9.59 Å². The zero-order valence-electron chi connectivity index (χ0n) is 15.2. The van der Waals surface area contributed by atoms with Gasteiger partial charge in [-0.25, -0.2) is 0 Å². The second kappa shape index (κ2) is 8.19. The Balaban J connectivity index is 1.78. The summed E-state index contributed by atoms with van der Waals surface area (Å²) in [4.78, 5) is 25.3. The molecule has 3 aromatic carbocycles. The van der Waals surface area contributed by atoms with Crippen molar-refractivity contribution in [3.63, 3.8) is 0 Å². The molecule has 1 atom stereocenters. The first-order valence-electron chi connectivity index (χ1n) is 8.72. The van der Waals surface area contributed by atoms with Crippen LogP contribution in [0.1, 0.15) is 39.9 Å². The van der Waals surface area contributed by atoms with Crippen LogP contribution >= 0.6 is 11.6 Å². The normalized spacial score (nSPS) is 11.7. The first-order chi connectivity index (χ1) is 13.0. The number of halogens is 1. The average Bonchev–Trinajstić information content (AvgIpc) is 2.70. The minimum absolute atomic E-state index is 0.0571. The summed E-state index contributed by atoms with van der Waals surface area (Å²) >= 11 is 6.03. The molecule has 0 unspecified atom stereocenters. The van der Waals surface area contributed by atoms with Crippen molar-refractivity contribution >= 4 is 29.0 Å². The Labute approximate surface area is 164 Å². The zero-order valence-corrected chi connectivity index (χ0v) is 16.0. The Kier molecular flexibility index (Phi) is 5.72. The summed E-state index contributed by atoms with van der Waals surface area (Å²) in [6.07, 6.45) is 0. The highest BCUT2D eigenvalue weighted by atomic mass is 35.5. The molecule has 0 bridgehead atoms. The van der Waals surface area contributed by atoms with Crippen molar-refractivity contribution in [2.24, 2.45) is 0 Å². The van der Waals surface area contributed by atoms with Gasteiger partial charge in [0.05, 0.1) is 5.92 Å². The van der Waals surface area contributed by atoms with Gasteiger partial charge >= 0.3 is 0 Å². The van der Waals surface area contributed by atoms with E-state index in [1.165, 1.54) is 0 Å². The molecule has 1 amide bonds. The number of carbonyl (C=O) groups is 2. The summed E-state index contributed by atoms with van der Waals surface area (Å²) in [7, 11) is 0. The van der Waals surface area contributed by atoms with E-state index in [1.54, 1.807) is 36.4 Å². The van der Waals surface area contributed by atoms with Crippen molar-refractivity contribution in [2.75, 3.05) is 5.32 Å². The van der Waals surface area contributed by atoms with Crippen LogP contribution in [0.5, 0.6) is 0 Å². The fourth-order valence-corrected chi connectivity index (χ4v) is 2.95. The lowest BCUT2D eigenvalue weighted by Crippen LogP contribution is -2.19. The van der Waals surface area contributed by atoms with E-state index in [1.807, 2.05) is 50.2 Å². The van der Waals surface area contributed by atoms with Crippen LogP contribution in [-0.4, -0.2) is 11.7 Å². The molecule has 4 heteroatoms. The van der Waals surface area contributed by atoms with Crippen molar-refractivity contribution in [3.05, 3.63) is 100 Å². The molecule has 0 saturated heterocycles. The van der Waals surface area contributed by atoms with Crippen LogP contribution in [0.4, 0.5) is 5.69 Å². The topological polar surface area (TPSA) is 46.2 Å². The molecule has 0 fully saturated rings. The fraction of sp³-hybridized carbons (Fsp3) is 0.130. The number of aryl methyl sites for hydroxylation is 1. The zero-order chi connectivity index (χ0) is 19.4. The second-order valence-electron chi connectivity index (χ2n) is 6.50. The number of nitrogens with one attached hydrogen (secondary N) is 1. The molecule has 0 aromatic heterocycles. The number of benzene rings is 3. The number of carbonyl (C=O) groups excluding carboxylic acids is 2. The summed E-state index contributed by atoms with van der Waals surface area (Å²) in [5.41, 5.74) is 3.59. The smallest absolute Gasteiger partial charge is 0.231 e. The number of hydrogen-bond donors (Lipinski definition) is 1. The molecule has 0 heterocycles. The van der Waals surface area contributed by atoms with E-state index in [9.17, 15) is 9.59 Å². The van der Waals surface area contributed by atoms with E-state index >= 15 is 0 Å². The summed E-state index contributed by atoms with van der Waals surface area (Å²) in [5, 5.41) is 3.57. The number of hydrogen-bond acceptors (Lipinski definition) is 2. The minimum atomic E-state index is -0.399. The SMILES string of the molecule is Cc1cc(NC(=O)[C@@H](C)c2cccc(C(=O)c3ccccc3)c2)ccc1Cl. The minimum Gasteiger partial charge on any atom is -0.326 e. The first kappa shape index (κ1) is 18.9. The molecule has 3 nitrogen and oxygen atoms in total. The van der Waals surface area contributed by atoms with Gasteiger partial charge in [-0.1, -0.05) is 60.1 Å². The Morgan fingerprint density at radius 1 is 0.889 bits per heavy atom. The predicted octanol–water partition coefficient (Wildman–Crippen LogP) is 5.62. The van der Waals surface area contributed by atoms with Crippen LogP contribution in [-0.2, 0) is 4.79 Å². The van der Waals surface area contributed by atoms with Crippen molar-refractivity contribution in [3.8, 4) is 0 Å². The van der Waals surface area contributed by atoms with Crippen molar-refractivity contribution in [1.82, 2.24) is 0 Å². The van der Waals surface area contributed by atoms with Crippen LogP contribution in [0.3, 0.4) is 0 Å². The lowest BCUT2D eigenvalue weighted by atomic mass is 9.95. The molecule has 0 spiro atoms. The highest BCUT2D eigenvalue weighted by Gasteiger charge is 2.18. The van der Waals surface area contributed by atoms with Gasteiger partial charge in [-0.3, -0.25) is 9.59 Å². The molecule has 0 aliphatic heterocycles. The van der Waals surface area contributed by atoms with E-state index in [0.29, 0.717) is 21.8 Å². The Bertz CT molecular complexity index is 983. The van der Waals surface area contributed by atoms with E-state index in [0.717, 1.165) is 11.1 Å². The van der Waals surface area contributed by atoms with Crippen LogP contribution in [0.2, 0.25) is 5.02 Å². The molecule has 0 saturated carbocycles. The average molecular weight is 378 g/mol. The summed E-state index contributed by atoms with van der Waals surface area (Å²) in [5.74, 6) is -0.594. The Morgan fingerprint density at radius 2 is 1.59 bits per heavy atom. The Hall–Kier alpha value is -2.91. The molecular formula is C23H20ClNO2. The lowest BCUT2D eigenvalue weighted by Gasteiger charge is -2.14. The van der Waals surface area contributed by atoms with Crippen LogP contribution < -0.4 is 5.32 Å². The van der Waals surface area contributed by atoms with E-state index in [-0.39, 0.29) is 11.7 Å². The molecule has 3 aromatic rings. The quantitative estimate of drug-likeness (QED) is 0.586. The summed E-state index contributed by atoms with van der Waals surface area (Å²) in [6.45, 7) is 3.71. The number of anilines is 1. The van der Waals surface area contributed by atoms with Crippen molar-refractivity contribution in [2.45, 2.75) is 19.8 Å². The van der Waals surface area contributed by atoms with Gasteiger partial charge in [0.15, 0.2) is 5.78 Å². The third-order valence-corrected chi connectivity index (χ3v) is 4.93.